The van der Waals surface area contributed by atoms with E-state index in [1.54, 1.807) is 27.4 Å². The molecule has 0 aliphatic heterocycles. The first-order valence-electron chi connectivity index (χ1n) is 9.40. The molecular weight excluding hydrogens is 394 g/mol. The highest BCUT2D eigenvalue weighted by atomic mass is 35.5. The molecule has 1 N–H and O–H groups in total. The van der Waals surface area contributed by atoms with Crippen LogP contribution in [0.15, 0.2) is 36.4 Å². The van der Waals surface area contributed by atoms with Crippen LogP contribution in [0.25, 0.3) is 0 Å². The van der Waals surface area contributed by atoms with E-state index in [2.05, 4.69) is 5.32 Å². The fourth-order valence-corrected chi connectivity index (χ4v) is 3.11. The molecule has 0 bridgehead atoms. The lowest BCUT2D eigenvalue weighted by Crippen LogP contribution is -2.26. The van der Waals surface area contributed by atoms with Crippen LogP contribution in [0.2, 0.25) is 5.02 Å². The number of nitrogens with one attached hydrogen (secondary N) is 1. The van der Waals surface area contributed by atoms with E-state index in [0.29, 0.717) is 48.3 Å². The standard InChI is InChI=1S/C22H28ClNO5/c1-15(17-7-9-20(21(14-17)28-4)29-12-11-26-2)24-22(25)10-6-16-5-8-19(27-3)18(23)13-16/h5,7-9,13-15H,6,10-12H2,1-4H3,(H,24,25). The van der Waals surface area contributed by atoms with Crippen LogP contribution in [0.3, 0.4) is 0 Å². The first-order chi connectivity index (χ1) is 14.0. The highest BCUT2D eigenvalue weighted by Crippen LogP contribution is 2.30. The van der Waals surface area contributed by atoms with Crippen LogP contribution < -0.4 is 19.5 Å². The first-order valence-corrected chi connectivity index (χ1v) is 9.77. The lowest BCUT2D eigenvalue weighted by Gasteiger charge is -2.17. The number of carbonyl (C=O) groups excluding carboxylic acids is 1. The molecule has 0 aliphatic carbocycles. The Bertz CT molecular complexity index is 812. The predicted octanol–water partition coefficient (Wildman–Crippen LogP) is 4.19. The van der Waals surface area contributed by atoms with Gasteiger partial charge in [-0.15, -0.1) is 0 Å². The second kappa shape index (κ2) is 11.5. The minimum Gasteiger partial charge on any atom is -0.495 e. The van der Waals surface area contributed by atoms with Gasteiger partial charge >= 0.3 is 0 Å². The molecule has 0 aliphatic rings. The van der Waals surface area contributed by atoms with Crippen molar-refractivity contribution in [3.8, 4) is 17.2 Å². The van der Waals surface area contributed by atoms with Crippen LogP contribution in [0.5, 0.6) is 17.2 Å². The first kappa shape index (κ1) is 22.8. The summed E-state index contributed by atoms with van der Waals surface area (Å²) in [4.78, 5) is 12.4. The maximum atomic E-state index is 12.4. The van der Waals surface area contributed by atoms with E-state index < -0.39 is 0 Å². The molecule has 1 atom stereocenters. The van der Waals surface area contributed by atoms with Crippen LogP contribution in [-0.2, 0) is 16.0 Å². The van der Waals surface area contributed by atoms with Crippen LogP contribution in [0.4, 0.5) is 0 Å². The molecule has 1 amide bonds. The van der Waals surface area contributed by atoms with Gasteiger partial charge in [0.05, 0.1) is 31.9 Å². The van der Waals surface area contributed by atoms with Gasteiger partial charge in [0.15, 0.2) is 11.5 Å². The number of aryl methyl sites for hydroxylation is 1. The van der Waals surface area contributed by atoms with E-state index in [-0.39, 0.29) is 11.9 Å². The highest BCUT2D eigenvalue weighted by Gasteiger charge is 2.13. The van der Waals surface area contributed by atoms with E-state index >= 15 is 0 Å². The Morgan fingerprint density at radius 2 is 1.72 bits per heavy atom. The predicted molar refractivity (Wildman–Crippen MR) is 113 cm³/mol. The van der Waals surface area contributed by atoms with E-state index in [4.69, 9.17) is 30.5 Å². The summed E-state index contributed by atoms with van der Waals surface area (Å²) in [6.45, 7) is 2.87. The lowest BCUT2D eigenvalue weighted by atomic mass is 10.1. The Kier molecular flexibility index (Phi) is 9.09. The molecule has 2 aromatic rings. The Morgan fingerprint density at radius 3 is 2.38 bits per heavy atom. The number of benzene rings is 2. The molecule has 6 nitrogen and oxygen atoms in total. The number of methoxy groups -OCH3 is 3. The molecule has 2 rings (SSSR count). The third kappa shape index (κ3) is 6.84. The summed E-state index contributed by atoms with van der Waals surface area (Å²) in [5.74, 6) is 1.84. The second-order valence-electron chi connectivity index (χ2n) is 6.51. The third-order valence-corrected chi connectivity index (χ3v) is 4.76. The molecule has 0 fully saturated rings. The average Bonchev–Trinajstić information content (AvgIpc) is 2.72. The molecule has 2 aromatic carbocycles. The normalized spacial score (nSPS) is 11.6. The van der Waals surface area contributed by atoms with Crippen molar-refractivity contribution in [3.05, 3.63) is 52.5 Å². The molecule has 1 unspecified atom stereocenters. The molecule has 0 heterocycles. The van der Waals surface area contributed by atoms with E-state index in [1.807, 2.05) is 37.3 Å². The summed E-state index contributed by atoms with van der Waals surface area (Å²) in [5.41, 5.74) is 1.92. The number of halogens is 1. The quantitative estimate of drug-likeness (QED) is 0.551. The molecule has 29 heavy (non-hydrogen) atoms. The Hall–Kier alpha value is -2.44. The molecule has 7 heteroatoms. The summed E-state index contributed by atoms with van der Waals surface area (Å²) in [7, 11) is 4.78. The van der Waals surface area contributed by atoms with Gasteiger partial charge in [0.25, 0.3) is 0 Å². The van der Waals surface area contributed by atoms with Crippen molar-refractivity contribution >= 4 is 17.5 Å². The Morgan fingerprint density at radius 1 is 1.00 bits per heavy atom. The smallest absolute Gasteiger partial charge is 0.220 e. The number of carbonyl (C=O) groups is 1. The third-order valence-electron chi connectivity index (χ3n) is 4.47. The van der Waals surface area contributed by atoms with Crippen LogP contribution in [0, 0.1) is 0 Å². The van der Waals surface area contributed by atoms with Crippen LogP contribution >= 0.6 is 11.6 Å². The SMILES string of the molecule is COCCOc1ccc(C(C)NC(=O)CCc2ccc(OC)c(Cl)c2)cc1OC. The monoisotopic (exact) mass is 421 g/mol. The van der Waals surface area contributed by atoms with Crippen molar-refractivity contribution in [2.45, 2.75) is 25.8 Å². The molecule has 158 valence electrons. The highest BCUT2D eigenvalue weighted by molar-refractivity contribution is 6.32. The number of amides is 1. The van der Waals surface area contributed by atoms with Crippen molar-refractivity contribution < 1.29 is 23.7 Å². The maximum Gasteiger partial charge on any atom is 0.220 e. The molecule has 0 aromatic heterocycles. The summed E-state index contributed by atoms with van der Waals surface area (Å²) < 4.78 is 21.2. The largest absolute Gasteiger partial charge is 0.495 e. The molecule has 0 saturated heterocycles. The number of hydrogen-bond donors (Lipinski definition) is 1. The number of hydrogen-bond acceptors (Lipinski definition) is 5. The van der Waals surface area contributed by atoms with E-state index in [9.17, 15) is 4.79 Å². The van der Waals surface area contributed by atoms with Crippen LogP contribution in [0.1, 0.15) is 30.5 Å². The lowest BCUT2D eigenvalue weighted by molar-refractivity contribution is -0.121. The van der Waals surface area contributed by atoms with Gasteiger partial charge in [-0.1, -0.05) is 23.7 Å². The minimum atomic E-state index is -0.163. The fourth-order valence-electron chi connectivity index (χ4n) is 2.83. The van der Waals surface area contributed by atoms with E-state index in [1.165, 1.54) is 0 Å². The van der Waals surface area contributed by atoms with Crippen LogP contribution in [-0.4, -0.2) is 40.5 Å². The fraction of sp³-hybridized carbons (Fsp3) is 0.409. The van der Waals surface area contributed by atoms with Crippen molar-refractivity contribution in [2.75, 3.05) is 34.5 Å². The number of ether oxygens (including phenoxy) is 4. The minimum absolute atomic E-state index is 0.0381. The van der Waals surface area contributed by atoms with Gasteiger partial charge in [0.1, 0.15) is 12.4 Å². The van der Waals surface area contributed by atoms with Gasteiger partial charge in [-0.3, -0.25) is 4.79 Å². The topological polar surface area (TPSA) is 66.0 Å². The molecule has 0 radical (unpaired) electrons. The van der Waals surface area contributed by atoms with Gasteiger partial charge in [-0.2, -0.15) is 0 Å². The Labute approximate surface area is 177 Å². The van der Waals surface area contributed by atoms with Gasteiger partial charge in [0, 0.05) is 13.5 Å². The van der Waals surface area contributed by atoms with E-state index in [0.717, 1.165) is 11.1 Å². The second-order valence-corrected chi connectivity index (χ2v) is 6.92. The maximum absolute atomic E-state index is 12.4. The molecule has 0 saturated carbocycles. The van der Waals surface area contributed by atoms with Gasteiger partial charge in [-0.05, 0) is 48.7 Å². The summed E-state index contributed by atoms with van der Waals surface area (Å²) >= 11 is 6.14. The van der Waals surface area contributed by atoms with Crippen molar-refractivity contribution in [1.82, 2.24) is 5.32 Å². The number of rotatable bonds is 11. The zero-order chi connectivity index (χ0) is 21.2. The van der Waals surface area contributed by atoms with Crippen molar-refractivity contribution in [1.29, 1.82) is 0 Å². The zero-order valence-electron chi connectivity index (χ0n) is 17.3. The summed E-state index contributed by atoms with van der Waals surface area (Å²) in [6, 6.07) is 11.0. The molecule has 0 spiro atoms. The van der Waals surface area contributed by atoms with Crippen molar-refractivity contribution in [2.24, 2.45) is 0 Å². The summed E-state index contributed by atoms with van der Waals surface area (Å²) in [5, 5.41) is 3.55. The average molecular weight is 422 g/mol. The van der Waals surface area contributed by atoms with Gasteiger partial charge in [-0.25, -0.2) is 0 Å². The van der Waals surface area contributed by atoms with Crippen molar-refractivity contribution in [3.63, 3.8) is 0 Å². The van der Waals surface area contributed by atoms with Gasteiger partial charge < -0.3 is 24.3 Å². The zero-order valence-corrected chi connectivity index (χ0v) is 18.0. The van der Waals surface area contributed by atoms with Gasteiger partial charge in [0.2, 0.25) is 5.91 Å². The molecular formula is C22H28ClNO5. The Balaban J connectivity index is 1.92. The summed E-state index contributed by atoms with van der Waals surface area (Å²) in [6.07, 6.45) is 0.959.